The molecule has 0 saturated heterocycles. The minimum absolute atomic E-state index is 0.115. The summed E-state index contributed by atoms with van der Waals surface area (Å²) in [6.07, 6.45) is 1.29. The number of carbonyl (C=O) groups excluding carboxylic acids is 2. The van der Waals surface area contributed by atoms with E-state index in [1.54, 1.807) is 12.1 Å². The van der Waals surface area contributed by atoms with Gasteiger partial charge in [-0.25, -0.2) is 14.5 Å². The Kier molecular flexibility index (Phi) is 4.74. The summed E-state index contributed by atoms with van der Waals surface area (Å²) in [5, 5.41) is 10.3. The van der Waals surface area contributed by atoms with Gasteiger partial charge in [-0.15, -0.1) is 5.10 Å². The Balaban J connectivity index is 1.74. The molecule has 1 N–H and O–H groups in total. The Morgan fingerprint density at radius 1 is 1.23 bits per heavy atom. The summed E-state index contributed by atoms with van der Waals surface area (Å²) in [6.45, 7) is 2.18. The number of rotatable bonds is 5. The van der Waals surface area contributed by atoms with Crippen LogP contribution in [0.1, 0.15) is 17.3 Å². The topological polar surface area (TPSA) is 121 Å². The van der Waals surface area contributed by atoms with Gasteiger partial charge in [0.2, 0.25) is 5.91 Å². The molecule has 10 heteroatoms. The van der Waals surface area contributed by atoms with Crippen LogP contribution in [0.3, 0.4) is 0 Å². The molecule has 0 saturated carbocycles. The van der Waals surface area contributed by atoms with E-state index in [1.807, 2.05) is 6.92 Å². The monoisotopic (exact) mass is 356 g/mol. The Morgan fingerprint density at radius 2 is 1.96 bits per heavy atom. The van der Waals surface area contributed by atoms with Gasteiger partial charge in [-0.3, -0.25) is 14.2 Å². The van der Waals surface area contributed by atoms with E-state index in [0.717, 1.165) is 4.57 Å². The fraction of sp³-hybridized carbons (Fsp3) is 0.250. The normalized spacial score (nSPS) is 10.7. The molecule has 0 spiro atoms. The molecule has 0 bridgehead atoms. The summed E-state index contributed by atoms with van der Waals surface area (Å²) < 4.78 is 7.28. The van der Waals surface area contributed by atoms with E-state index in [2.05, 4.69) is 25.3 Å². The van der Waals surface area contributed by atoms with Crippen LogP contribution in [0.15, 0.2) is 35.4 Å². The number of esters is 1. The fourth-order valence-electron chi connectivity index (χ4n) is 2.38. The molecule has 0 radical (unpaired) electrons. The number of ether oxygens (including phenoxy) is 1. The van der Waals surface area contributed by atoms with Crippen molar-refractivity contribution in [2.24, 2.45) is 0 Å². The van der Waals surface area contributed by atoms with Crippen molar-refractivity contribution in [3.8, 4) is 0 Å². The first-order chi connectivity index (χ1) is 12.5. The Morgan fingerprint density at radius 3 is 2.62 bits per heavy atom. The van der Waals surface area contributed by atoms with Crippen molar-refractivity contribution in [2.75, 3.05) is 12.4 Å². The molecule has 26 heavy (non-hydrogen) atoms. The third kappa shape index (κ3) is 3.29. The van der Waals surface area contributed by atoms with Gasteiger partial charge in [0.25, 0.3) is 5.56 Å². The number of nitrogens with one attached hydrogen (secondary N) is 1. The van der Waals surface area contributed by atoms with Crippen molar-refractivity contribution in [3.05, 3.63) is 46.5 Å². The second-order valence-electron chi connectivity index (χ2n) is 5.37. The minimum atomic E-state index is -0.464. The smallest absolute Gasteiger partial charge is 0.337 e. The first-order valence-corrected chi connectivity index (χ1v) is 7.80. The summed E-state index contributed by atoms with van der Waals surface area (Å²) in [6, 6.07) is 6.21. The predicted molar refractivity (Wildman–Crippen MR) is 91.7 cm³/mol. The highest BCUT2D eigenvalue weighted by molar-refractivity contribution is 5.93. The number of amides is 1. The number of methoxy groups -OCH3 is 1. The lowest BCUT2D eigenvalue weighted by atomic mass is 10.2. The van der Waals surface area contributed by atoms with E-state index in [9.17, 15) is 14.4 Å². The van der Waals surface area contributed by atoms with Crippen LogP contribution in [-0.2, 0) is 22.6 Å². The molecular weight excluding hydrogens is 340 g/mol. The van der Waals surface area contributed by atoms with Gasteiger partial charge in [0.05, 0.1) is 12.7 Å². The number of fused-ring (bicyclic) bond motifs is 1. The molecule has 0 unspecified atom stereocenters. The number of aryl methyl sites for hydroxylation is 1. The van der Waals surface area contributed by atoms with Crippen molar-refractivity contribution < 1.29 is 14.3 Å². The molecule has 1 aromatic carbocycles. The molecule has 0 fully saturated rings. The van der Waals surface area contributed by atoms with E-state index in [0.29, 0.717) is 23.4 Å². The van der Waals surface area contributed by atoms with Crippen LogP contribution in [0.2, 0.25) is 0 Å². The summed E-state index contributed by atoms with van der Waals surface area (Å²) in [5.41, 5.74) is 0.917. The summed E-state index contributed by atoms with van der Waals surface area (Å²) in [7, 11) is 1.29. The fourth-order valence-corrected chi connectivity index (χ4v) is 2.38. The second-order valence-corrected chi connectivity index (χ2v) is 5.37. The molecule has 0 atom stereocenters. The molecule has 3 rings (SSSR count). The van der Waals surface area contributed by atoms with Crippen molar-refractivity contribution >= 4 is 28.7 Å². The molecule has 10 nitrogen and oxygen atoms in total. The van der Waals surface area contributed by atoms with Crippen LogP contribution in [-0.4, -0.2) is 43.5 Å². The van der Waals surface area contributed by atoms with Crippen LogP contribution >= 0.6 is 0 Å². The third-order valence-electron chi connectivity index (χ3n) is 3.70. The highest BCUT2D eigenvalue weighted by atomic mass is 16.5. The highest BCUT2D eigenvalue weighted by Gasteiger charge is 2.13. The van der Waals surface area contributed by atoms with Crippen molar-refractivity contribution in [3.63, 3.8) is 0 Å². The maximum atomic E-state index is 12.4. The molecule has 134 valence electrons. The maximum Gasteiger partial charge on any atom is 0.337 e. The van der Waals surface area contributed by atoms with Gasteiger partial charge in [0.1, 0.15) is 12.9 Å². The van der Waals surface area contributed by atoms with E-state index in [1.165, 1.54) is 30.3 Å². The number of anilines is 1. The van der Waals surface area contributed by atoms with E-state index >= 15 is 0 Å². The van der Waals surface area contributed by atoms with Gasteiger partial charge in [0.15, 0.2) is 11.2 Å². The number of benzene rings is 1. The molecule has 0 aliphatic carbocycles. The Labute approximate surface area is 147 Å². The molecule has 0 aliphatic rings. The standard InChI is InChI=1S/C16H16N6O4/c1-3-22-14-13(19-20-22)15(24)21(9-17-14)8-12(23)18-11-6-4-10(5-7-11)16(25)26-2/h4-7,9H,3,8H2,1-2H3,(H,18,23). The van der Waals surface area contributed by atoms with E-state index in [4.69, 9.17) is 0 Å². The molecule has 2 aromatic heterocycles. The van der Waals surface area contributed by atoms with Crippen molar-refractivity contribution in [2.45, 2.75) is 20.0 Å². The average Bonchev–Trinajstić information content (AvgIpc) is 3.08. The highest BCUT2D eigenvalue weighted by Crippen LogP contribution is 2.10. The summed E-state index contributed by atoms with van der Waals surface area (Å²) >= 11 is 0. The quantitative estimate of drug-likeness (QED) is 0.658. The SMILES string of the molecule is CCn1nnc2c(=O)n(CC(=O)Nc3ccc(C(=O)OC)cc3)cnc21. The number of hydrogen-bond acceptors (Lipinski definition) is 7. The Hall–Kier alpha value is -3.56. The van der Waals surface area contributed by atoms with Gasteiger partial charge in [-0.1, -0.05) is 5.21 Å². The minimum Gasteiger partial charge on any atom is -0.465 e. The first-order valence-electron chi connectivity index (χ1n) is 7.80. The Bertz CT molecular complexity index is 1020. The van der Waals surface area contributed by atoms with E-state index < -0.39 is 17.4 Å². The average molecular weight is 356 g/mol. The first kappa shape index (κ1) is 17.3. The molecule has 1 amide bonds. The predicted octanol–water partition coefficient (Wildman–Crippen LogP) is 0.433. The van der Waals surface area contributed by atoms with Crippen LogP contribution in [0.25, 0.3) is 11.2 Å². The lowest BCUT2D eigenvalue weighted by Crippen LogP contribution is -2.28. The largest absolute Gasteiger partial charge is 0.465 e. The second kappa shape index (κ2) is 7.13. The zero-order valence-electron chi connectivity index (χ0n) is 14.2. The van der Waals surface area contributed by atoms with Gasteiger partial charge >= 0.3 is 5.97 Å². The zero-order chi connectivity index (χ0) is 18.7. The molecule has 2 heterocycles. The van der Waals surface area contributed by atoms with Crippen LogP contribution < -0.4 is 10.9 Å². The maximum absolute atomic E-state index is 12.4. The van der Waals surface area contributed by atoms with Gasteiger partial charge in [-0.2, -0.15) is 0 Å². The third-order valence-corrected chi connectivity index (χ3v) is 3.70. The van der Waals surface area contributed by atoms with Gasteiger partial charge in [0, 0.05) is 12.2 Å². The van der Waals surface area contributed by atoms with Crippen molar-refractivity contribution in [1.29, 1.82) is 0 Å². The number of aromatic nitrogens is 5. The van der Waals surface area contributed by atoms with E-state index in [-0.39, 0.29) is 12.1 Å². The number of nitrogens with zero attached hydrogens (tertiary/aromatic N) is 5. The molecular formula is C16H16N6O4. The van der Waals surface area contributed by atoms with Crippen LogP contribution in [0, 0.1) is 0 Å². The van der Waals surface area contributed by atoms with Gasteiger partial charge in [-0.05, 0) is 31.2 Å². The molecule has 0 aliphatic heterocycles. The summed E-state index contributed by atoms with van der Waals surface area (Å²) in [5.74, 6) is -0.879. The zero-order valence-corrected chi connectivity index (χ0v) is 14.2. The van der Waals surface area contributed by atoms with Crippen LogP contribution in [0.5, 0.6) is 0 Å². The lowest BCUT2D eigenvalue weighted by molar-refractivity contribution is -0.116. The lowest BCUT2D eigenvalue weighted by Gasteiger charge is -2.07. The van der Waals surface area contributed by atoms with Crippen LogP contribution in [0.4, 0.5) is 5.69 Å². The number of carbonyl (C=O) groups is 2. The van der Waals surface area contributed by atoms with Crippen molar-refractivity contribution in [1.82, 2.24) is 24.5 Å². The molecule has 3 aromatic rings. The van der Waals surface area contributed by atoms with Gasteiger partial charge < -0.3 is 10.1 Å². The number of hydrogen-bond donors (Lipinski definition) is 1. The summed E-state index contributed by atoms with van der Waals surface area (Å²) in [4.78, 5) is 40.1.